The molecule has 67 heavy (non-hydrogen) atoms. The molecule has 20 heteroatoms. The van der Waals surface area contributed by atoms with Gasteiger partial charge < -0.3 is 54.0 Å². The molecule has 2 aromatic carbocycles. The van der Waals surface area contributed by atoms with Crippen LogP contribution in [0.25, 0.3) is 0 Å². The highest BCUT2D eigenvalue weighted by Gasteiger charge is 2.34. The summed E-state index contributed by atoms with van der Waals surface area (Å²) in [6, 6.07) is 12.4. The lowest BCUT2D eigenvalue weighted by molar-refractivity contribution is -0.140. The number of nitrogens with zero attached hydrogens (tertiary/aromatic N) is 2. The van der Waals surface area contributed by atoms with Crippen molar-refractivity contribution in [2.45, 2.75) is 121 Å². The minimum Gasteiger partial charge on any atom is -0.370 e. The molecule has 368 valence electrons. The molecule has 0 radical (unpaired) electrons. The fourth-order valence-corrected chi connectivity index (χ4v) is 7.89. The van der Waals surface area contributed by atoms with E-state index in [4.69, 9.17) is 17.2 Å². The van der Waals surface area contributed by atoms with Crippen LogP contribution in [-0.2, 0) is 51.2 Å². The maximum Gasteiger partial charge on any atom is 0.245 e. The van der Waals surface area contributed by atoms with Crippen LogP contribution in [0, 0.1) is 5.92 Å². The first-order chi connectivity index (χ1) is 32.1. The van der Waals surface area contributed by atoms with Gasteiger partial charge in [-0.2, -0.15) is 11.8 Å². The number of thioether (sulfide) groups is 1. The molecule has 0 aromatic heterocycles. The number of carbonyl (C=O) groups is 8. The Bertz CT molecular complexity index is 1950. The number of carbonyl (C=O) groups excluding carboxylic acids is 8. The Morgan fingerprint density at radius 2 is 1.36 bits per heavy atom. The van der Waals surface area contributed by atoms with E-state index in [2.05, 4.69) is 36.9 Å². The van der Waals surface area contributed by atoms with Gasteiger partial charge in [0.25, 0.3) is 0 Å². The molecule has 0 bridgehead atoms. The molecule has 1 aliphatic heterocycles. The fraction of sp³-hybridized carbons (Fsp3) is 0.553. The van der Waals surface area contributed by atoms with Crippen molar-refractivity contribution < 1.29 is 38.4 Å². The van der Waals surface area contributed by atoms with Gasteiger partial charge in [0, 0.05) is 45.3 Å². The van der Waals surface area contributed by atoms with E-state index in [9.17, 15) is 38.4 Å². The summed E-state index contributed by atoms with van der Waals surface area (Å²) in [5, 5.41) is 16.7. The largest absolute Gasteiger partial charge is 0.370 e. The Morgan fingerprint density at radius 3 is 1.97 bits per heavy atom. The summed E-state index contributed by atoms with van der Waals surface area (Å²) in [5.41, 5.74) is 18.0. The minimum absolute atomic E-state index is 0.0127. The number of nitrogens with one attached hydrogen (secondary N) is 6. The molecule has 0 saturated carbocycles. The van der Waals surface area contributed by atoms with Crippen molar-refractivity contribution in [3.63, 3.8) is 0 Å². The maximum atomic E-state index is 14.9. The highest BCUT2D eigenvalue weighted by molar-refractivity contribution is 7.98. The molecule has 8 amide bonds. The second kappa shape index (κ2) is 30.2. The molecule has 1 saturated heterocycles. The quantitative estimate of drug-likeness (QED) is 0.0532. The van der Waals surface area contributed by atoms with Crippen LogP contribution in [0.15, 0.2) is 65.7 Å². The number of hydrogen-bond donors (Lipinski definition) is 9. The zero-order chi connectivity index (χ0) is 49.1. The number of nitrogens with two attached hydrogens (primary N) is 3. The van der Waals surface area contributed by atoms with Crippen molar-refractivity contribution in [1.82, 2.24) is 36.8 Å². The van der Waals surface area contributed by atoms with Gasteiger partial charge in [-0.3, -0.25) is 43.3 Å². The van der Waals surface area contributed by atoms with E-state index in [0.717, 1.165) is 0 Å². The van der Waals surface area contributed by atoms with Crippen molar-refractivity contribution in [2.75, 3.05) is 38.2 Å². The predicted octanol–water partition coefficient (Wildman–Crippen LogP) is 0.533. The zero-order valence-corrected chi connectivity index (χ0v) is 39.9. The van der Waals surface area contributed by atoms with Crippen LogP contribution in [-0.4, -0.2) is 127 Å². The summed E-state index contributed by atoms with van der Waals surface area (Å²) in [6.45, 7) is 3.93. The van der Waals surface area contributed by atoms with E-state index in [-0.39, 0.29) is 69.4 Å². The third kappa shape index (κ3) is 21.8. The molecular weight excluding hydrogens is 879 g/mol. The van der Waals surface area contributed by atoms with Gasteiger partial charge in [0.15, 0.2) is 5.96 Å². The molecule has 1 aliphatic rings. The molecule has 0 aliphatic carbocycles. The van der Waals surface area contributed by atoms with Gasteiger partial charge in [-0.05, 0) is 67.6 Å². The van der Waals surface area contributed by atoms with Crippen LogP contribution >= 0.6 is 11.8 Å². The SMILES string of the molecule is CSCC[C@H](NC(=O)[C@H](CC(C)C)NC(=O)CN1CCCCCCNC(=O)CCC(=O)N[C@@H](CCCN=C(N)N)C(=O)N[C@H](Cc2ccccc2)C(=O)N[C@@H](Cc2ccccc2)C1=O)C(N)=O. The topological polar surface area (TPSA) is 302 Å². The third-order valence-electron chi connectivity index (χ3n) is 10.9. The van der Waals surface area contributed by atoms with Crippen molar-refractivity contribution >= 4 is 65.0 Å². The lowest BCUT2D eigenvalue weighted by Crippen LogP contribution is -2.59. The molecule has 0 spiro atoms. The Hall–Kier alpha value is -6.18. The standard InChI is InChI=1S/C47H71N11O8S/c1-31(2)27-36(44(64)55-34(42(48)62)22-26-67-3)54-41(61)30-58-25-13-5-4-12-23-51-39(59)20-21-40(60)53-35(19-14-24-52-47(49)50)43(63)56-37(28-32-15-8-6-9-16-32)45(65)57-38(46(58)66)29-33-17-10-7-11-18-33/h6-11,15-18,31,34-38H,4-5,12-14,19-30H2,1-3H3,(H2,48,62)(H,51,59)(H,53,60)(H,54,61)(H,55,64)(H,56,63)(H,57,65)(H4,49,50,52)/t34-,35-,36-,37+,38-/m0/s1. The first-order valence-corrected chi connectivity index (χ1v) is 24.4. The van der Waals surface area contributed by atoms with Crippen molar-refractivity contribution in [1.29, 1.82) is 0 Å². The number of rotatable bonds is 19. The monoisotopic (exact) mass is 950 g/mol. The number of primary amides is 1. The molecule has 0 unspecified atom stereocenters. The van der Waals surface area contributed by atoms with E-state index >= 15 is 0 Å². The number of hydrogen-bond acceptors (Lipinski definition) is 10. The third-order valence-corrected chi connectivity index (χ3v) is 11.6. The molecule has 1 heterocycles. The first-order valence-electron chi connectivity index (χ1n) is 23.0. The second-order valence-electron chi connectivity index (χ2n) is 17.1. The van der Waals surface area contributed by atoms with E-state index in [1.807, 2.05) is 32.2 Å². The molecule has 12 N–H and O–H groups in total. The highest BCUT2D eigenvalue weighted by Crippen LogP contribution is 2.13. The summed E-state index contributed by atoms with van der Waals surface area (Å²) in [5.74, 6) is -4.34. The Labute approximate surface area is 398 Å². The van der Waals surface area contributed by atoms with E-state index in [1.165, 1.54) is 16.7 Å². The van der Waals surface area contributed by atoms with Gasteiger partial charge in [-0.1, -0.05) is 87.4 Å². The normalized spacial score (nSPS) is 19.3. The molecule has 3 rings (SSSR count). The molecular formula is C47H71N11O8S. The van der Waals surface area contributed by atoms with Gasteiger partial charge in [0.2, 0.25) is 47.3 Å². The maximum absolute atomic E-state index is 14.9. The average Bonchev–Trinajstić information content (AvgIpc) is 3.28. The van der Waals surface area contributed by atoms with Crippen LogP contribution in [0.5, 0.6) is 0 Å². The fourth-order valence-electron chi connectivity index (χ4n) is 7.41. The molecule has 19 nitrogen and oxygen atoms in total. The number of benzene rings is 2. The van der Waals surface area contributed by atoms with Crippen LogP contribution in [0.1, 0.15) is 89.2 Å². The van der Waals surface area contributed by atoms with Gasteiger partial charge >= 0.3 is 0 Å². The smallest absolute Gasteiger partial charge is 0.245 e. The molecule has 1 fully saturated rings. The molecule has 5 atom stereocenters. The lowest BCUT2D eigenvalue weighted by Gasteiger charge is -2.30. The van der Waals surface area contributed by atoms with Crippen LogP contribution in [0.3, 0.4) is 0 Å². The minimum atomic E-state index is -1.25. The van der Waals surface area contributed by atoms with E-state index in [1.54, 1.807) is 48.5 Å². The van der Waals surface area contributed by atoms with Crippen LogP contribution < -0.4 is 49.1 Å². The second-order valence-corrected chi connectivity index (χ2v) is 18.1. The predicted molar refractivity (Wildman–Crippen MR) is 259 cm³/mol. The number of guanidine groups is 1. The Morgan fingerprint density at radius 1 is 0.761 bits per heavy atom. The summed E-state index contributed by atoms with van der Waals surface area (Å²) < 4.78 is 0. The highest BCUT2D eigenvalue weighted by atomic mass is 32.2. The van der Waals surface area contributed by atoms with Crippen LogP contribution in [0.4, 0.5) is 0 Å². The summed E-state index contributed by atoms with van der Waals surface area (Å²) in [4.78, 5) is 115. The van der Waals surface area contributed by atoms with Crippen molar-refractivity contribution in [3.05, 3.63) is 71.8 Å². The van der Waals surface area contributed by atoms with E-state index < -0.39 is 78.1 Å². The Kier molecular flexibility index (Phi) is 24.8. The lowest BCUT2D eigenvalue weighted by atomic mass is 10.0. The summed E-state index contributed by atoms with van der Waals surface area (Å²) in [7, 11) is 0. The van der Waals surface area contributed by atoms with Crippen molar-refractivity contribution in [3.8, 4) is 0 Å². The number of amides is 8. The summed E-state index contributed by atoms with van der Waals surface area (Å²) in [6.07, 6.45) is 4.90. The number of aliphatic imine (C=N–C) groups is 1. The van der Waals surface area contributed by atoms with Gasteiger partial charge in [-0.15, -0.1) is 0 Å². The van der Waals surface area contributed by atoms with Gasteiger partial charge in [0.05, 0.1) is 6.54 Å². The zero-order valence-electron chi connectivity index (χ0n) is 39.1. The van der Waals surface area contributed by atoms with Gasteiger partial charge in [-0.25, -0.2) is 0 Å². The average molecular weight is 950 g/mol. The summed E-state index contributed by atoms with van der Waals surface area (Å²) >= 11 is 1.49. The van der Waals surface area contributed by atoms with Crippen molar-refractivity contribution in [2.24, 2.45) is 28.1 Å². The molecule has 2 aromatic rings. The van der Waals surface area contributed by atoms with Gasteiger partial charge in [0.1, 0.15) is 30.2 Å². The first kappa shape index (κ1) is 55.1. The van der Waals surface area contributed by atoms with E-state index in [0.29, 0.717) is 61.9 Å². The Balaban J connectivity index is 2.03. The van der Waals surface area contributed by atoms with Crippen LogP contribution in [0.2, 0.25) is 0 Å².